The van der Waals surface area contributed by atoms with Crippen molar-refractivity contribution in [2.75, 3.05) is 6.79 Å². The zero-order valence-electron chi connectivity index (χ0n) is 13.9. The van der Waals surface area contributed by atoms with Gasteiger partial charge in [0.05, 0.1) is 18.6 Å². The number of nitrogens with one attached hydrogen (secondary N) is 1. The summed E-state index contributed by atoms with van der Waals surface area (Å²) in [4.78, 5) is 12.6. The zero-order valence-corrected chi connectivity index (χ0v) is 13.9. The molecule has 2 N–H and O–H groups in total. The third-order valence-corrected chi connectivity index (χ3v) is 4.90. The standard InChI is InChI=1S/C20H21NO4/c22-16-10-15(11-16)20(14-4-2-1-3-5-14)21-19(23)9-13-6-7-17-18(8-13)25-12-24-17/h1-8,15-16,20,22H,9-12H2,(H,21,23)/t15?,16?,20-/m1/s1. The van der Waals surface area contributed by atoms with Gasteiger partial charge in [0.2, 0.25) is 12.7 Å². The Balaban J connectivity index is 1.45. The fraction of sp³-hybridized carbons (Fsp3) is 0.350. The Bertz CT molecular complexity index is 756. The number of benzene rings is 2. The van der Waals surface area contributed by atoms with Gasteiger partial charge >= 0.3 is 0 Å². The first-order valence-electron chi connectivity index (χ1n) is 8.60. The number of carbonyl (C=O) groups excluding carboxylic acids is 1. The Morgan fingerprint density at radius 2 is 1.88 bits per heavy atom. The predicted octanol–water partition coefficient (Wildman–Crippen LogP) is 2.59. The summed E-state index contributed by atoms with van der Waals surface area (Å²) in [6.07, 6.45) is 1.49. The maximum absolute atomic E-state index is 12.6. The van der Waals surface area contributed by atoms with E-state index in [1.165, 1.54) is 0 Å². The quantitative estimate of drug-likeness (QED) is 0.879. The van der Waals surface area contributed by atoms with Crippen LogP contribution in [-0.4, -0.2) is 23.9 Å². The summed E-state index contributed by atoms with van der Waals surface area (Å²) in [7, 11) is 0. The van der Waals surface area contributed by atoms with E-state index in [9.17, 15) is 9.90 Å². The highest BCUT2D eigenvalue weighted by Gasteiger charge is 2.35. The normalized spacial score (nSPS) is 22.1. The van der Waals surface area contributed by atoms with Gasteiger partial charge in [-0.1, -0.05) is 36.4 Å². The van der Waals surface area contributed by atoms with Gasteiger partial charge in [0, 0.05) is 0 Å². The van der Waals surface area contributed by atoms with E-state index >= 15 is 0 Å². The Morgan fingerprint density at radius 1 is 1.12 bits per heavy atom. The molecule has 0 unspecified atom stereocenters. The molecule has 4 rings (SSSR count). The van der Waals surface area contributed by atoms with E-state index in [1.807, 2.05) is 48.5 Å². The second kappa shape index (κ2) is 6.76. The van der Waals surface area contributed by atoms with E-state index in [1.54, 1.807) is 0 Å². The average Bonchev–Trinajstić information content (AvgIpc) is 3.06. The van der Waals surface area contributed by atoms with Crippen molar-refractivity contribution in [2.45, 2.75) is 31.4 Å². The van der Waals surface area contributed by atoms with Crippen molar-refractivity contribution < 1.29 is 19.4 Å². The third-order valence-electron chi connectivity index (χ3n) is 4.90. The van der Waals surface area contributed by atoms with Gasteiger partial charge in [-0.3, -0.25) is 4.79 Å². The number of carbonyl (C=O) groups is 1. The van der Waals surface area contributed by atoms with Gasteiger partial charge in [-0.25, -0.2) is 0 Å². The van der Waals surface area contributed by atoms with Crippen molar-refractivity contribution in [3.63, 3.8) is 0 Å². The number of rotatable bonds is 5. The molecule has 1 aliphatic carbocycles. The molecule has 2 aromatic rings. The van der Waals surface area contributed by atoms with Crippen molar-refractivity contribution in [3.8, 4) is 11.5 Å². The van der Waals surface area contributed by atoms with Crippen molar-refractivity contribution in [2.24, 2.45) is 5.92 Å². The summed E-state index contributed by atoms with van der Waals surface area (Å²) in [5.41, 5.74) is 1.97. The molecular weight excluding hydrogens is 318 g/mol. The molecule has 1 aliphatic heterocycles. The number of fused-ring (bicyclic) bond motifs is 1. The van der Waals surface area contributed by atoms with Gasteiger partial charge in [-0.15, -0.1) is 0 Å². The molecule has 0 saturated heterocycles. The monoisotopic (exact) mass is 339 g/mol. The lowest BCUT2D eigenvalue weighted by Crippen LogP contribution is -2.41. The van der Waals surface area contributed by atoms with Crippen LogP contribution >= 0.6 is 0 Å². The van der Waals surface area contributed by atoms with E-state index in [4.69, 9.17) is 9.47 Å². The van der Waals surface area contributed by atoms with Crippen molar-refractivity contribution in [3.05, 3.63) is 59.7 Å². The Hall–Kier alpha value is -2.53. The topological polar surface area (TPSA) is 67.8 Å². The highest BCUT2D eigenvalue weighted by molar-refractivity contribution is 5.79. The Kier molecular flexibility index (Phi) is 4.32. The molecule has 25 heavy (non-hydrogen) atoms. The zero-order chi connectivity index (χ0) is 17.2. The second-order valence-electron chi connectivity index (χ2n) is 6.71. The molecule has 0 radical (unpaired) electrons. The largest absolute Gasteiger partial charge is 0.454 e. The maximum Gasteiger partial charge on any atom is 0.231 e. The summed E-state index contributed by atoms with van der Waals surface area (Å²) in [6.45, 7) is 0.227. The van der Waals surface area contributed by atoms with Gasteiger partial charge in [-0.2, -0.15) is 0 Å². The van der Waals surface area contributed by atoms with Gasteiger partial charge in [0.25, 0.3) is 0 Å². The minimum atomic E-state index is -0.248. The molecule has 1 fully saturated rings. The Morgan fingerprint density at radius 3 is 2.64 bits per heavy atom. The van der Waals surface area contributed by atoms with E-state index in [0.717, 1.165) is 29.7 Å². The van der Waals surface area contributed by atoms with Gasteiger partial charge in [0.15, 0.2) is 11.5 Å². The van der Waals surface area contributed by atoms with Crippen LogP contribution in [-0.2, 0) is 11.2 Å². The van der Waals surface area contributed by atoms with Crippen LogP contribution in [0.3, 0.4) is 0 Å². The first-order chi connectivity index (χ1) is 12.2. The highest BCUT2D eigenvalue weighted by Crippen LogP contribution is 2.38. The number of hydrogen-bond acceptors (Lipinski definition) is 4. The van der Waals surface area contributed by atoms with Gasteiger partial charge in [0.1, 0.15) is 0 Å². The molecule has 0 bridgehead atoms. The molecule has 0 spiro atoms. The summed E-state index contributed by atoms with van der Waals surface area (Å²) in [5, 5.41) is 12.8. The number of aliphatic hydroxyl groups is 1. The van der Waals surface area contributed by atoms with Crippen LogP contribution in [0.25, 0.3) is 0 Å². The van der Waals surface area contributed by atoms with Gasteiger partial charge < -0.3 is 19.9 Å². The summed E-state index contributed by atoms with van der Waals surface area (Å²) in [5.74, 6) is 1.65. The van der Waals surface area contributed by atoms with Crippen molar-refractivity contribution >= 4 is 5.91 Å². The first-order valence-corrected chi connectivity index (χ1v) is 8.60. The molecule has 130 valence electrons. The number of ether oxygens (including phenoxy) is 2. The molecule has 0 aromatic heterocycles. The molecule has 1 saturated carbocycles. The minimum Gasteiger partial charge on any atom is -0.454 e. The SMILES string of the molecule is O=C(Cc1ccc2c(c1)OCO2)N[C@H](c1ccccc1)C1CC(O)C1. The molecular formula is C20H21NO4. The fourth-order valence-corrected chi connectivity index (χ4v) is 3.50. The molecule has 1 atom stereocenters. The van der Waals surface area contributed by atoms with E-state index in [2.05, 4.69) is 5.32 Å². The maximum atomic E-state index is 12.6. The van der Waals surface area contributed by atoms with Crippen LogP contribution in [0.2, 0.25) is 0 Å². The number of aliphatic hydroxyl groups excluding tert-OH is 1. The molecule has 5 heteroatoms. The lowest BCUT2D eigenvalue weighted by atomic mass is 9.75. The summed E-state index contributed by atoms with van der Waals surface area (Å²) >= 11 is 0. The van der Waals surface area contributed by atoms with Crippen molar-refractivity contribution in [1.82, 2.24) is 5.32 Å². The van der Waals surface area contributed by atoms with E-state index in [0.29, 0.717) is 5.75 Å². The summed E-state index contributed by atoms with van der Waals surface area (Å²) in [6, 6.07) is 15.5. The van der Waals surface area contributed by atoms with Crippen LogP contribution in [0.15, 0.2) is 48.5 Å². The molecule has 2 aromatic carbocycles. The summed E-state index contributed by atoms with van der Waals surface area (Å²) < 4.78 is 10.7. The van der Waals surface area contributed by atoms with Crippen LogP contribution in [0.1, 0.15) is 30.0 Å². The van der Waals surface area contributed by atoms with Crippen LogP contribution < -0.4 is 14.8 Å². The predicted molar refractivity (Wildman–Crippen MR) is 92.3 cm³/mol. The molecule has 1 heterocycles. The van der Waals surface area contributed by atoms with Gasteiger partial charge in [-0.05, 0) is 42.0 Å². The van der Waals surface area contributed by atoms with Crippen LogP contribution in [0.4, 0.5) is 0 Å². The number of hydrogen-bond donors (Lipinski definition) is 2. The Labute approximate surface area is 146 Å². The first kappa shape index (κ1) is 16.0. The second-order valence-corrected chi connectivity index (χ2v) is 6.71. The molecule has 2 aliphatic rings. The fourth-order valence-electron chi connectivity index (χ4n) is 3.50. The minimum absolute atomic E-state index is 0.0332. The van der Waals surface area contributed by atoms with E-state index in [-0.39, 0.29) is 37.2 Å². The van der Waals surface area contributed by atoms with E-state index < -0.39 is 0 Å². The van der Waals surface area contributed by atoms with Crippen LogP contribution in [0, 0.1) is 5.92 Å². The lowest BCUT2D eigenvalue weighted by molar-refractivity contribution is -0.122. The molecule has 5 nitrogen and oxygen atoms in total. The van der Waals surface area contributed by atoms with Crippen LogP contribution in [0.5, 0.6) is 11.5 Å². The van der Waals surface area contributed by atoms with Crippen molar-refractivity contribution in [1.29, 1.82) is 0 Å². The number of amides is 1. The lowest BCUT2D eigenvalue weighted by Gasteiger charge is -2.38. The smallest absolute Gasteiger partial charge is 0.231 e. The highest BCUT2D eigenvalue weighted by atomic mass is 16.7. The average molecular weight is 339 g/mol. The molecule has 1 amide bonds. The third kappa shape index (κ3) is 3.46.